The summed E-state index contributed by atoms with van der Waals surface area (Å²) in [5.41, 5.74) is 3.41. The summed E-state index contributed by atoms with van der Waals surface area (Å²) in [6.07, 6.45) is 6.99. The molecule has 0 bridgehead atoms. The number of benzene rings is 2. The summed E-state index contributed by atoms with van der Waals surface area (Å²) in [7, 11) is 0. The molecule has 0 amide bonds. The van der Waals surface area contributed by atoms with Gasteiger partial charge in [0.25, 0.3) is 0 Å². The fraction of sp³-hybridized carbons (Fsp3) is 0.167. The molecule has 0 atom stereocenters. The first-order valence-electron chi connectivity index (χ1n) is 6.51. The summed E-state index contributed by atoms with van der Waals surface area (Å²) in [4.78, 5) is 4.79. The van der Waals surface area contributed by atoms with Gasteiger partial charge in [-0.25, -0.2) is 0 Å². The highest BCUT2D eigenvalue weighted by atomic mass is 15.1. The third-order valence-corrected chi connectivity index (χ3v) is 3.56. The third kappa shape index (κ3) is 1.96. The van der Waals surface area contributed by atoms with Gasteiger partial charge in [0, 0.05) is 6.42 Å². The van der Waals surface area contributed by atoms with Crippen LogP contribution in [0.15, 0.2) is 65.7 Å². The van der Waals surface area contributed by atoms with Crippen LogP contribution in [-0.2, 0) is 5.54 Å². The highest BCUT2D eigenvalue weighted by Gasteiger charge is 2.49. The zero-order valence-electron chi connectivity index (χ0n) is 10.7. The summed E-state index contributed by atoms with van der Waals surface area (Å²) in [5.74, 6) is 2.70. The summed E-state index contributed by atoms with van der Waals surface area (Å²) >= 11 is 0. The molecule has 0 spiro atoms. The van der Waals surface area contributed by atoms with Gasteiger partial charge in [0.2, 0.25) is 0 Å². The van der Waals surface area contributed by atoms with Crippen LogP contribution in [0.4, 0.5) is 0 Å². The van der Waals surface area contributed by atoms with Gasteiger partial charge in [0.05, 0.1) is 5.71 Å². The molecule has 0 fully saturated rings. The lowest BCUT2D eigenvalue weighted by Gasteiger charge is -2.16. The minimum atomic E-state index is -0.251. The van der Waals surface area contributed by atoms with E-state index in [-0.39, 0.29) is 5.54 Å². The molecule has 3 rings (SSSR count). The second kappa shape index (κ2) is 4.74. The quantitative estimate of drug-likeness (QED) is 0.727. The van der Waals surface area contributed by atoms with Gasteiger partial charge in [-0.15, -0.1) is 12.3 Å². The van der Waals surface area contributed by atoms with E-state index >= 15 is 0 Å². The number of nitrogens with zero attached hydrogens (tertiary/aromatic N) is 1. The first kappa shape index (κ1) is 11.7. The van der Waals surface area contributed by atoms with Crippen LogP contribution in [0.5, 0.6) is 0 Å². The molecule has 19 heavy (non-hydrogen) atoms. The molecule has 1 heteroatoms. The number of rotatable bonds is 4. The molecule has 0 unspecified atom stereocenters. The Balaban J connectivity index is 1.99. The van der Waals surface area contributed by atoms with Crippen molar-refractivity contribution in [1.82, 2.24) is 0 Å². The van der Waals surface area contributed by atoms with Crippen molar-refractivity contribution < 1.29 is 0 Å². The average molecular weight is 245 g/mol. The van der Waals surface area contributed by atoms with Gasteiger partial charge < -0.3 is 0 Å². The van der Waals surface area contributed by atoms with Gasteiger partial charge in [-0.05, 0) is 17.5 Å². The average Bonchev–Trinajstić information content (AvgIpc) is 3.23. The Bertz CT molecular complexity index is 593. The number of terminal acetylenes is 1. The third-order valence-electron chi connectivity index (χ3n) is 3.56. The van der Waals surface area contributed by atoms with E-state index in [9.17, 15) is 0 Å². The van der Waals surface area contributed by atoms with Gasteiger partial charge >= 0.3 is 0 Å². The lowest BCUT2D eigenvalue weighted by atomic mass is 9.85. The minimum Gasteiger partial charge on any atom is -0.268 e. The van der Waals surface area contributed by atoms with Crippen LogP contribution in [0.2, 0.25) is 0 Å². The Morgan fingerprint density at radius 3 is 1.89 bits per heavy atom. The van der Waals surface area contributed by atoms with Crippen LogP contribution in [0.25, 0.3) is 0 Å². The lowest BCUT2D eigenvalue weighted by Crippen LogP contribution is -2.18. The monoisotopic (exact) mass is 245 g/mol. The van der Waals surface area contributed by atoms with E-state index in [1.54, 1.807) is 0 Å². The van der Waals surface area contributed by atoms with Crippen molar-refractivity contribution in [3.05, 3.63) is 71.8 Å². The van der Waals surface area contributed by atoms with Gasteiger partial charge in [-0.2, -0.15) is 0 Å². The van der Waals surface area contributed by atoms with Crippen LogP contribution in [0, 0.1) is 12.3 Å². The maximum atomic E-state index is 5.37. The van der Waals surface area contributed by atoms with Crippen molar-refractivity contribution in [3.8, 4) is 12.3 Å². The van der Waals surface area contributed by atoms with Crippen molar-refractivity contribution in [3.63, 3.8) is 0 Å². The Morgan fingerprint density at radius 1 is 0.895 bits per heavy atom. The van der Waals surface area contributed by atoms with E-state index in [4.69, 9.17) is 11.4 Å². The highest BCUT2D eigenvalue weighted by Crippen LogP contribution is 2.46. The predicted molar refractivity (Wildman–Crippen MR) is 79.2 cm³/mol. The van der Waals surface area contributed by atoms with Gasteiger partial charge in [0.1, 0.15) is 5.54 Å². The lowest BCUT2D eigenvalue weighted by molar-refractivity contribution is 0.851. The maximum Gasteiger partial charge on any atom is 0.148 e. The van der Waals surface area contributed by atoms with E-state index < -0.39 is 0 Å². The second-order valence-electron chi connectivity index (χ2n) is 4.71. The molecule has 0 N–H and O–H groups in total. The normalized spacial score (nSPS) is 15.4. The Kier molecular flexibility index (Phi) is 2.93. The van der Waals surface area contributed by atoms with E-state index in [1.807, 2.05) is 12.1 Å². The SMILES string of the molecule is C#CCCC1=NC1(c1ccccc1)c1ccccc1. The van der Waals surface area contributed by atoms with Crippen LogP contribution in [-0.4, -0.2) is 5.71 Å². The summed E-state index contributed by atoms with van der Waals surface area (Å²) < 4.78 is 0. The molecule has 1 nitrogen and oxygen atoms in total. The standard InChI is InChI=1S/C18H15N/c1-2-3-14-17-18(19-17,15-10-6-4-7-11-15)16-12-8-5-9-13-16/h1,4-13H,3,14H2. The molecule has 92 valence electrons. The van der Waals surface area contributed by atoms with Gasteiger partial charge in [0.15, 0.2) is 0 Å². The Labute approximate surface area is 114 Å². The summed E-state index contributed by atoms with van der Waals surface area (Å²) in [6.45, 7) is 0. The van der Waals surface area contributed by atoms with Gasteiger partial charge in [-0.1, -0.05) is 60.7 Å². The molecule has 1 aliphatic rings. The molecule has 1 aliphatic heterocycles. The first-order valence-corrected chi connectivity index (χ1v) is 6.51. The van der Waals surface area contributed by atoms with Crippen LogP contribution < -0.4 is 0 Å². The summed E-state index contributed by atoms with van der Waals surface area (Å²) in [6, 6.07) is 20.9. The number of hydrogen-bond acceptors (Lipinski definition) is 1. The smallest absolute Gasteiger partial charge is 0.148 e. The molecule has 1 heterocycles. The highest BCUT2D eigenvalue weighted by molar-refractivity contribution is 6.09. The predicted octanol–water partition coefficient (Wildman–Crippen LogP) is 3.80. The molecule has 2 aromatic rings. The van der Waals surface area contributed by atoms with E-state index in [1.165, 1.54) is 16.8 Å². The van der Waals surface area contributed by atoms with Crippen molar-refractivity contribution in [2.24, 2.45) is 4.99 Å². The molecule has 0 aliphatic carbocycles. The van der Waals surface area contributed by atoms with Crippen molar-refractivity contribution in [1.29, 1.82) is 0 Å². The van der Waals surface area contributed by atoms with Crippen LogP contribution in [0.1, 0.15) is 24.0 Å². The molecule has 0 aromatic heterocycles. The Morgan fingerprint density at radius 2 is 1.42 bits per heavy atom. The van der Waals surface area contributed by atoms with E-state index in [0.717, 1.165) is 12.8 Å². The summed E-state index contributed by atoms with van der Waals surface area (Å²) in [5, 5.41) is 0. The van der Waals surface area contributed by atoms with Crippen LogP contribution in [0.3, 0.4) is 0 Å². The zero-order chi connectivity index (χ0) is 13.1. The minimum absolute atomic E-state index is 0.251. The second-order valence-corrected chi connectivity index (χ2v) is 4.71. The number of aliphatic imine (C=N–C) groups is 1. The fourth-order valence-electron chi connectivity index (χ4n) is 2.59. The van der Waals surface area contributed by atoms with Crippen molar-refractivity contribution in [2.45, 2.75) is 18.4 Å². The number of hydrogen-bond donors (Lipinski definition) is 0. The molecule has 0 radical (unpaired) electrons. The first-order chi connectivity index (χ1) is 9.38. The Hall–Kier alpha value is -2.33. The molecular weight excluding hydrogens is 230 g/mol. The van der Waals surface area contributed by atoms with E-state index in [0.29, 0.717) is 0 Å². The van der Waals surface area contributed by atoms with Gasteiger partial charge in [-0.3, -0.25) is 4.99 Å². The zero-order valence-corrected chi connectivity index (χ0v) is 10.7. The molecule has 0 saturated carbocycles. The molecule has 2 aromatic carbocycles. The topological polar surface area (TPSA) is 12.4 Å². The molecule has 0 saturated heterocycles. The maximum absolute atomic E-state index is 5.37. The largest absolute Gasteiger partial charge is 0.268 e. The van der Waals surface area contributed by atoms with Crippen molar-refractivity contribution >= 4 is 5.71 Å². The molecular formula is C18H15N. The van der Waals surface area contributed by atoms with E-state index in [2.05, 4.69) is 54.5 Å². The fourth-order valence-corrected chi connectivity index (χ4v) is 2.59. The van der Waals surface area contributed by atoms with Crippen LogP contribution >= 0.6 is 0 Å². The van der Waals surface area contributed by atoms with Crippen molar-refractivity contribution in [2.75, 3.05) is 0 Å².